The van der Waals surface area contributed by atoms with Crippen molar-refractivity contribution in [2.75, 3.05) is 13.7 Å². The highest BCUT2D eigenvalue weighted by Crippen LogP contribution is 2.30. The molecular formula is C23H33N4O2P. The van der Waals surface area contributed by atoms with Crippen LogP contribution in [0, 0.1) is 12.8 Å². The van der Waals surface area contributed by atoms with Gasteiger partial charge in [0.25, 0.3) is 0 Å². The van der Waals surface area contributed by atoms with Gasteiger partial charge in [0.2, 0.25) is 5.88 Å². The number of aryl methyl sites for hydroxylation is 1. The van der Waals surface area contributed by atoms with Crippen molar-refractivity contribution in [3.05, 3.63) is 46.9 Å². The zero-order valence-electron chi connectivity index (χ0n) is 18.4. The van der Waals surface area contributed by atoms with Gasteiger partial charge in [-0.2, -0.15) is 0 Å². The Labute approximate surface area is 181 Å². The van der Waals surface area contributed by atoms with Crippen molar-refractivity contribution in [1.29, 1.82) is 0 Å². The summed E-state index contributed by atoms with van der Waals surface area (Å²) in [6, 6.07) is 2.03. The molecule has 2 atom stereocenters. The molecule has 3 rings (SSSR count). The first-order chi connectivity index (χ1) is 14.3. The number of rotatable bonds is 9. The molecule has 162 valence electrons. The molecule has 30 heavy (non-hydrogen) atoms. The molecule has 2 unspecified atom stereocenters. The standard InChI is InChI=1S/C23H33N4O2P/c1-15-10-16(12-27-22(15)29-14-23(2,3)30)11-25-13-18-19(24-4)8-9-26-20(18)21(28)17-6-5-7-17/h8-10,12-13,17,19,24,26H,5-7,11,14,30H2,1-4H3. The maximum atomic E-state index is 12.8. The van der Waals surface area contributed by atoms with Gasteiger partial charge in [0, 0.05) is 34.6 Å². The molecule has 2 aliphatic rings. The van der Waals surface area contributed by atoms with Crippen LogP contribution in [0.5, 0.6) is 5.88 Å². The second-order valence-electron chi connectivity index (χ2n) is 8.80. The Morgan fingerprint density at radius 2 is 2.23 bits per heavy atom. The number of aliphatic imine (C=N–C) groups is 1. The van der Waals surface area contributed by atoms with Gasteiger partial charge in [-0.25, -0.2) is 4.98 Å². The Morgan fingerprint density at radius 3 is 2.83 bits per heavy atom. The molecule has 1 fully saturated rings. The van der Waals surface area contributed by atoms with Crippen molar-refractivity contribution in [2.24, 2.45) is 10.9 Å². The molecular weight excluding hydrogens is 395 g/mol. The van der Waals surface area contributed by atoms with E-state index in [-0.39, 0.29) is 22.9 Å². The number of carbonyl (C=O) groups excluding carboxylic acids is 1. The minimum atomic E-state index is -0.0278. The van der Waals surface area contributed by atoms with Crippen LogP contribution < -0.4 is 15.4 Å². The topological polar surface area (TPSA) is 75.6 Å². The molecule has 2 N–H and O–H groups in total. The molecule has 1 aliphatic heterocycles. The van der Waals surface area contributed by atoms with Crippen LogP contribution in [0.25, 0.3) is 0 Å². The molecule has 0 spiro atoms. The third kappa shape index (κ3) is 5.77. The lowest BCUT2D eigenvalue weighted by atomic mass is 9.79. The molecule has 0 bridgehead atoms. The van der Waals surface area contributed by atoms with Crippen LogP contribution in [0.4, 0.5) is 0 Å². The Morgan fingerprint density at radius 1 is 1.47 bits per heavy atom. The van der Waals surface area contributed by atoms with Crippen molar-refractivity contribution in [1.82, 2.24) is 15.6 Å². The lowest BCUT2D eigenvalue weighted by Crippen LogP contribution is -2.37. The van der Waals surface area contributed by atoms with Gasteiger partial charge in [-0.05, 0) is 50.7 Å². The second kappa shape index (κ2) is 9.84. The highest BCUT2D eigenvalue weighted by Gasteiger charge is 2.31. The zero-order valence-corrected chi connectivity index (χ0v) is 19.5. The van der Waals surface area contributed by atoms with Crippen molar-refractivity contribution in [3.63, 3.8) is 0 Å². The number of hydrogen-bond donors (Lipinski definition) is 2. The maximum absolute atomic E-state index is 12.8. The first-order valence-corrected chi connectivity index (χ1v) is 11.1. The molecule has 0 saturated heterocycles. The number of likely N-dealkylation sites (N-methyl/N-ethyl adjacent to an activating group) is 1. The number of ether oxygens (including phenoxy) is 1. The number of Topliss-reactive ketones (excluding diaryl/α,β-unsaturated/α-hetero) is 1. The largest absolute Gasteiger partial charge is 0.477 e. The van der Waals surface area contributed by atoms with Gasteiger partial charge < -0.3 is 15.4 Å². The van der Waals surface area contributed by atoms with Gasteiger partial charge in [-0.1, -0.05) is 20.3 Å². The van der Waals surface area contributed by atoms with Gasteiger partial charge in [-0.15, -0.1) is 9.24 Å². The summed E-state index contributed by atoms with van der Waals surface area (Å²) in [5.74, 6) is 1.00. The fourth-order valence-electron chi connectivity index (χ4n) is 3.42. The van der Waals surface area contributed by atoms with E-state index in [1.165, 1.54) is 0 Å². The van der Waals surface area contributed by atoms with Crippen LogP contribution in [0.2, 0.25) is 0 Å². The molecule has 1 aromatic rings. The first-order valence-electron chi connectivity index (χ1n) is 10.5. The van der Waals surface area contributed by atoms with Gasteiger partial charge >= 0.3 is 0 Å². The Bertz CT molecular complexity index is 866. The zero-order chi connectivity index (χ0) is 21.7. The minimum absolute atomic E-state index is 0.00572. The maximum Gasteiger partial charge on any atom is 0.216 e. The van der Waals surface area contributed by atoms with Crippen molar-refractivity contribution < 1.29 is 9.53 Å². The average Bonchev–Trinajstić information content (AvgIpc) is 2.65. The number of hydrogen-bond acceptors (Lipinski definition) is 6. The van der Waals surface area contributed by atoms with Crippen molar-refractivity contribution in [2.45, 2.75) is 57.8 Å². The molecule has 0 aromatic carbocycles. The highest BCUT2D eigenvalue weighted by atomic mass is 31.0. The first kappa shape index (κ1) is 22.6. The van der Waals surface area contributed by atoms with E-state index in [0.29, 0.717) is 24.7 Å². The summed E-state index contributed by atoms with van der Waals surface area (Å²) in [7, 11) is 4.67. The third-order valence-corrected chi connectivity index (χ3v) is 5.51. The van der Waals surface area contributed by atoms with Crippen LogP contribution in [0.3, 0.4) is 0 Å². The van der Waals surface area contributed by atoms with Crippen LogP contribution in [-0.2, 0) is 11.3 Å². The summed E-state index contributed by atoms with van der Waals surface area (Å²) in [4.78, 5) is 21.9. The van der Waals surface area contributed by atoms with E-state index < -0.39 is 0 Å². The lowest BCUT2D eigenvalue weighted by Gasteiger charge is -2.28. The van der Waals surface area contributed by atoms with Gasteiger partial charge in [0.05, 0.1) is 24.9 Å². The second-order valence-corrected chi connectivity index (χ2v) is 10.4. The predicted octanol–water partition coefficient (Wildman–Crippen LogP) is 3.32. The van der Waals surface area contributed by atoms with E-state index in [1.54, 1.807) is 6.20 Å². The van der Waals surface area contributed by atoms with E-state index in [0.717, 1.165) is 36.0 Å². The summed E-state index contributed by atoms with van der Waals surface area (Å²) < 4.78 is 5.82. The third-order valence-electron chi connectivity index (χ3n) is 5.35. The van der Waals surface area contributed by atoms with Crippen LogP contribution >= 0.6 is 9.24 Å². The molecule has 2 heterocycles. The summed E-state index contributed by atoms with van der Waals surface area (Å²) in [5.41, 5.74) is 3.56. The highest BCUT2D eigenvalue weighted by molar-refractivity contribution is 7.18. The Balaban J connectivity index is 1.71. The SMILES string of the molecule is CNC1C=CNC(C(=O)C2CCC2)=C1C=NCc1cnc(OCC(C)(C)P)c(C)c1. The van der Waals surface area contributed by atoms with E-state index in [9.17, 15) is 4.79 Å². The van der Waals surface area contributed by atoms with Crippen molar-refractivity contribution in [3.8, 4) is 5.88 Å². The van der Waals surface area contributed by atoms with E-state index in [1.807, 2.05) is 32.5 Å². The normalized spacial score (nSPS) is 19.7. The summed E-state index contributed by atoms with van der Waals surface area (Å²) in [6.45, 7) is 7.28. The molecule has 1 aliphatic carbocycles. The quantitative estimate of drug-likeness (QED) is 0.466. The fraction of sp³-hybridized carbons (Fsp3) is 0.522. The van der Waals surface area contributed by atoms with Gasteiger partial charge in [0.15, 0.2) is 5.78 Å². The number of carbonyl (C=O) groups is 1. The summed E-state index contributed by atoms with van der Waals surface area (Å²) in [6.07, 6.45) is 10.6. The lowest BCUT2D eigenvalue weighted by molar-refractivity contribution is -0.121. The Hall–Kier alpha value is -2.04. The number of ketones is 1. The molecule has 1 aromatic heterocycles. The minimum Gasteiger partial charge on any atom is -0.477 e. The van der Waals surface area contributed by atoms with Gasteiger partial charge in [0.1, 0.15) is 0 Å². The molecule has 6 nitrogen and oxygen atoms in total. The molecule has 0 radical (unpaired) electrons. The number of dihydropyridines is 1. The number of aromatic nitrogens is 1. The fourth-order valence-corrected chi connectivity index (χ4v) is 3.50. The predicted molar refractivity (Wildman–Crippen MR) is 125 cm³/mol. The van der Waals surface area contributed by atoms with Gasteiger partial charge in [-0.3, -0.25) is 9.79 Å². The van der Waals surface area contributed by atoms with E-state index in [4.69, 9.17) is 4.74 Å². The number of allylic oxidation sites excluding steroid dienone is 1. The summed E-state index contributed by atoms with van der Waals surface area (Å²) in [5, 5.41) is 6.41. The van der Waals surface area contributed by atoms with Crippen LogP contribution in [-0.4, -0.2) is 41.8 Å². The van der Waals surface area contributed by atoms with Crippen molar-refractivity contribution >= 4 is 21.2 Å². The number of pyridine rings is 1. The monoisotopic (exact) mass is 428 g/mol. The summed E-state index contributed by atoms with van der Waals surface area (Å²) >= 11 is 0. The van der Waals surface area contributed by atoms with Crippen LogP contribution in [0.1, 0.15) is 44.2 Å². The molecule has 0 amide bonds. The van der Waals surface area contributed by atoms with E-state index in [2.05, 4.69) is 49.8 Å². The molecule has 7 heteroatoms. The number of nitrogens with one attached hydrogen (secondary N) is 2. The van der Waals surface area contributed by atoms with E-state index >= 15 is 0 Å². The van der Waals surface area contributed by atoms with Crippen LogP contribution in [0.15, 0.2) is 40.8 Å². The molecule has 1 saturated carbocycles. The number of nitrogens with zero attached hydrogens (tertiary/aromatic N) is 2. The average molecular weight is 429 g/mol. The smallest absolute Gasteiger partial charge is 0.216 e. The Kier molecular flexibility index (Phi) is 7.43.